The minimum atomic E-state index is -1.52. The first-order valence-electron chi connectivity index (χ1n) is 11.2. The van der Waals surface area contributed by atoms with E-state index >= 15 is 0 Å². The van der Waals surface area contributed by atoms with Gasteiger partial charge in [0.1, 0.15) is 24.7 Å². The van der Waals surface area contributed by atoms with E-state index in [0.29, 0.717) is 5.56 Å². The van der Waals surface area contributed by atoms with Crippen molar-refractivity contribution < 1.29 is 43.8 Å². The molecule has 0 fully saturated rings. The molecule has 0 unspecified atom stereocenters. The highest BCUT2D eigenvalue weighted by atomic mass is 16.4. The minimum Gasteiger partial charge on any atom is -0.480 e. The Labute approximate surface area is 216 Å². The van der Waals surface area contributed by atoms with Crippen molar-refractivity contribution in [3.8, 4) is 0 Å². The quantitative estimate of drug-likeness (QED) is 0.0966. The first kappa shape index (κ1) is 31.5. The first-order chi connectivity index (χ1) is 17.9. The second-order valence-electron chi connectivity index (χ2n) is 7.94. The second-order valence-corrected chi connectivity index (χ2v) is 7.94. The number of hydrogen-bond acceptors (Lipinski definition) is 9. The lowest BCUT2D eigenvalue weighted by Crippen LogP contribution is -2.57. The molecule has 0 aliphatic rings. The van der Waals surface area contributed by atoms with E-state index in [1.54, 1.807) is 30.3 Å². The maximum Gasteiger partial charge on any atom is 0.322 e. The molecule has 0 bridgehead atoms. The molecule has 3 atom stereocenters. The third kappa shape index (κ3) is 12.4. The van der Waals surface area contributed by atoms with Gasteiger partial charge >= 0.3 is 5.97 Å². The van der Waals surface area contributed by atoms with Crippen LogP contribution in [0.4, 0.5) is 0 Å². The lowest BCUT2D eigenvalue weighted by atomic mass is 10.0. The van der Waals surface area contributed by atoms with Crippen LogP contribution < -0.4 is 38.1 Å². The highest BCUT2D eigenvalue weighted by Gasteiger charge is 2.28. The lowest BCUT2D eigenvalue weighted by Gasteiger charge is -2.23. The van der Waals surface area contributed by atoms with Crippen LogP contribution in [0.5, 0.6) is 0 Å². The normalized spacial score (nSPS) is 12.7. The number of benzene rings is 1. The van der Waals surface area contributed by atoms with Gasteiger partial charge in [0, 0.05) is 6.42 Å². The Morgan fingerprint density at radius 3 is 1.95 bits per heavy atom. The zero-order valence-corrected chi connectivity index (χ0v) is 20.3. The summed E-state index contributed by atoms with van der Waals surface area (Å²) in [6, 6.07) is 4.41. The van der Waals surface area contributed by atoms with Gasteiger partial charge in [-0.05, 0) is 5.56 Å². The third-order valence-electron chi connectivity index (χ3n) is 4.79. The number of carbonyl (C=O) groups is 7. The monoisotopic (exact) mass is 537 g/mol. The number of amides is 6. The SMILES string of the molecule is NC(=O)C[C@H](NC(=O)CNC(=O)[C@@H](N)CO)C(=O)N[C@@H](Cc1ccccc1)C(=O)NCC(=O)NCC(=O)O. The Bertz CT molecular complexity index is 1020. The maximum absolute atomic E-state index is 12.9. The summed E-state index contributed by atoms with van der Waals surface area (Å²) in [7, 11) is 0. The van der Waals surface area contributed by atoms with Crippen LogP contribution in [0.3, 0.4) is 0 Å². The van der Waals surface area contributed by atoms with Crippen molar-refractivity contribution in [2.45, 2.75) is 31.0 Å². The molecule has 0 aromatic heterocycles. The van der Waals surface area contributed by atoms with Crippen LogP contribution in [0.2, 0.25) is 0 Å². The molecule has 0 aliphatic heterocycles. The van der Waals surface area contributed by atoms with Crippen LogP contribution in [-0.4, -0.2) is 96.0 Å². The van der Waals surface area contributed by atoms with E-state index in [2.05, 4.69) is 26.6 Å². The van der Waals surface area contributed by atoms with Crippen LogP contribution >= 0.6 is 0 Å². The van der Waals surface area contributed by atoms with Gasteiger partial charge in [-0.15, -0.1) is 0 Å². The topological polar surface area (TPSA) is 272 Å². The van der Waals surface area contributed by atoms with Crippen molar-refractivity contribution in [3.05, 3.63) is 35.9 Å². The Hall–Kier alpha value is -4.57. The average Bonchev–Trinajstić information content (AvgIpc) is 2.88. The Balaban J connectivity index is 2.92. The van der Waals surface area contributed by atoms with Crippen molar-refractivity contribution >= 4 is 41.4 Å². The summed E-state index contributed by atoms with van der Waals surface area (Å²) in [6.45, 7) is -2.52. The number of primary amides is 1. The molecule has 1 rings (SSSR count). The predicted octanol–water partition coefficient (Wildman–Crippen LogP) is -5.17. The smallest absolute Gasteiger partial charge is 0.322 e. The van der Waals surface area contributed by atoms with E-state index in [1.807, 2.05) is 0 Å². The number of hydrogen-bond donors (Lipinski definition) is 9. The van der Waals surface area contributed by atoms with Gasteiger partial charge < -0.3 is 48.3 Å². The van der Waals surface area contributed by atoms with E-state index in [9.17, 15) is 33.6 Å². The molecule has 16 nitrogen and oxygen atoms in total. The van der Waals surface area contributed by atoms with Crippen molar-refractivity contribution in [2.24, 2.45) is 11.5 Å². The molecule has 0 spiro atoms. The number of nitrogens with one attached hydrogen (secondary N) is 5. The molecule has 0 saturated heterocycles. The van der Waals surface area contributed by atoms with E-state index in [0.717, 1.165) is 0 Å². The molecule has 6 amide bonds. The molecule has 11 N–H and O–H groups in total. The molecular formula is C22H31N7O9. The molecule has 0 aliphatic carbocycles. The summed E-state index contributed by atoms with van der Waals surface area (Å²) in [5.41, 5.74) is 11.1. The van der Waals surface area contributed by atoms with Crippen LogP contribution in [0.1, 0.15) is 12.0 Å². The standard InChI is InChI=1S/C22H31N7O9/c23-13(11-30)20(36)26-9-18(33)28-15(7-16(24)31)22(38)29-14(6-12-4-2-1-3-5-12)21(37)27-8-17(32)25-10-19(34)35/h1-5,13-15,30H,6-11,23H2,(H2,24,31)(H,25,32)(H,26,36)(H,27,37)(H,28,33)(H,29,38)(H,34,35)/t13-,14-,15-/m0/s1. The van der Waals surface area contributed by atoms with E-state index in [-0.39, 0.29) is 6.42 Å². The fourth-order valence-electron chi connectivity index (χ4n) is 2.90. The Kier molecular flexibility index (Phi) is 13.4. The van der Waals surface area contributed by atoms with E-state index in [4.69, 9.17) is 21.7 Å². The van der Waals surface area contributed by atoms with Crippen LogP contribution in [0.15, 0.2) is 30.3 Å². The number of nitrogens with two attached hydrogens (primary N) is 2. The Morgan fingerprint density at radius 1 is 0.763 bits per heavy atom. The highest BCUT2D eigenvalue weighted by Crippen LogP contribution is 2.05. The lowest BCUT2D eigenvalue weighted by molar-refractivity contribution is -0.138. The van der Waals surface area contributed by atoms with E-state index < -0.39 is 92.2 Å². The number of aliphatic carboxylic acids is 1. The second kappa shape index (κ2) is 16.2. The molecule has 16 heteroatoms. The fraction of sp³-hybridized carbons (Fsp3) is 0.409. The van der Waals surface area contributed by atoms with Gasteiger partial charge in [-0.2, -0.15) is 0 Å². The summed E-state index contributed by atoms with van der Waals surface area (Å²) in [4.78, 5) is 83.4. The van der Waals surface area contributed by atoms with Crippen LogP contribution in [0.25, 0.3) is 0 Å². The van der Waals surface area contributed by atoms with Gasteiger partial charge in [0.15, 0.2) is 0 Å². The van der Waals surface area contributed by atoms with Crippen molar-refractivity contribution in [2.75, 3.05) is 26.2 Å². The summed E-state index contributed by atoms with van der Waals surface area (Å²) in [6.07, 6.45) is -0.680. The van der Waals surface area contributed by atoms with E-state index in [1.165, 1.54) is 0 Å². The maximum atomic E-state index is 12.9. The number of carboxylic acid groups (broad SMARTS) is 1. The van der Waals surface area contributed by atoms with Gasteiger partial charge in [-0.3, -0.25) is 33.6 Å². The molecule has 208 valence electrons. The van der Waals surface area contributed by atoms with Crippen molar-refractivity contribution in [3.63, 3.8) is 0 Å². The van der Waals surface area contributed by atoms with Gasteiger partial charge in [0.25, 0.3) is 0 Å². The first-order valence-corrected chi connectivity index (χ1v) is 11.2. The molecule has 0 radical (unpaired) electrons. The third-order valence-corrected chi connectivity index (χ3v) is 4.79. The van der Waals surface area contributed by atoms with Crippen LogP contribution in [0, 0.1) is 0 Å². The minimum absolute atomic E-state index is 0.0402. The number of aliphatic hydroxyl groups is 1. The largest absolute Gasteiger partial charge is 0.480 e. The summed E-state index contributed by atoms with van der Waals surface area (Å²) in [5, 5.41) is 28.6. The molecule has 1 aromatic rings. The number of aliphatic hydroxyl groups excluding tert-OH is 1. The fourth-order valence-corrected chi connectivity index (χ4v) is 2.90. The van der Waals surface area contributed by atoms with Crippen LogP contribution in [-0.2, 0) is 40.0 Å². The van der Waals surface area contributed by atoms with Gasteiger partial charge in [0.05, 0.1) is 26.1 Å². The number of rotatable bonds is 16. The van der Waals surface area contributed by atoms with Crippen molar-refractivity contribution in [1.82, 2.24) is 26.6 Å². The van der Waals surface area contributed by atoms with Gasteiger partial charge in [-0.1, -0.05) is 30.3 Å². The highest BCUT2D eigenvalue weighted by molar-refractivity contribution is 5.96. The van der Waals surface area contributed by atoms with Gasteiger partial charge in [-0.25, -0.2) is 0 Å². The number of carbonyl (C=O) groups excluding carboxylic acids is 6. The average molecular weight is 538 g/mol. The molecule has 38 heavy (non-hydrogen) atoms. The van der Waals surface area contributed by atoms with Gasteiger partial charge in [0.2, 0.25) is 35.4 Å². The summed E-state index contributed by atoms with van der Waals surface area (Å²) >= 11 is 0. The Morgan fingerprint density at radius 2 is 1.37 bits per heavy atom. The zero-order valence-electron chi connectivity index (χ0n) is 20.3. The number of carboxylic acids is 1. The summed E-state index contributed by atoms with van der Waals surface area (Å²) < 4.78 is 0. The molecule has 1 aromatic carbocycles. The van der Waals surface area contributed by atoms with Crippen molar-refractivity contribution in [1.29, 1.82) is 0 Å². The molecule has 0 heterocycles. The molecular weight excluding hydrogens is 506 g/mol. The summed E-state index contributed by atoms with van der Waals surface area (Å²) in [5.74, 6) is -6.49. The predicted molar refractivity (Wildman–Crippen MR) is 130 cm³/mol. The zero-order chi connectivity index (χ0) is 28.7. The molecule has 0 saturated carbocycles.